The molecule has 0 aliphatic rings. The molecule has 3 heteroatoms. The molecule has 18 heavy (non-hydrogen) atoms. The van der Waals surface area contributed by atoms with E-state index in [-0.39, 0.29) is 5.54 Å². The van der Waals surface area contributed by atoms with Crippen molar-refractivity contribution in [3.63, 3.8) is 0 Å². The van der Waals surface area contributed by atoms with Gasteiger partial charge in [0.2, 0.25) is 0 Å². The van der Waals surface area contributed by atoms with Crippen molar-refractivity contribution in [2.75, 3.05) is 27.7 Å². The van der Waals surface area contributed by atoms with Crippen LogP contribution in [0, 0.1) is 5.92 Å². The smallest absolute Gasteiger partial charge is 0.118 e. The Bertz CT molecular complexity index is 347. The van der Waals surface area contributed by atoms with Crippen molar-refractivity contribution in [3.8, 4) is 5.75 Å². The van der Waals surface area contributed by atoms with E-state index >= 15 is 0 Å². The predicted octanol–water partition coefficient (Wildman–Crippen LogP) is 2.46. The van der Waals surface area contributed by atoms with Crippen molar-refractivity contribution in [2.24, 2.45) is 11.7 Å². The maximum Gasteiger partial charge on any atom is 0.118 e. The summed E-state index contributed by atoms with van der Waals surface area (Å²) in [6.45, 7) is 5.26. The fourth-order valence-corrected chi connectivity index (χ4v) is 2.49. The molecule has 0 aliphatic carbocycles. The Morgan fingerprint density at radius 3 is 2.17 bits per heavy atom. The average Bonchev–Trinajstić information content (AvgIpc) is 2.27. The summed E-state index contributed by atoms with van der Waals surface area (Å²) < 4.78 is 5.19. The highest BCUT2D eigenvalue weighted by Crippen LogP contribution is 2.28. The number of hydrogen-bond acceptors (Lipinski definition) is 3. The molecule has 0 heterocycles. The SMILES string of the molecule is COc1ccc(C(N)(CC(C)C)CN(C)C)cc1. The third kappa shape index (κ3) is 4.00. The molecule has 2 N–H and O–H groups in total. The third-order valence-corrected chi connectivity index (χ3v) is 3.04. The van der Waals surface area contributed by atoms with E-state index in [0.29, 0.717) is 5.92 Å². The van der Waals surface area contributed by atoms with Crippen molar-refractivity contribution in [3.05, 3.63) is 29.8 Å². The van der Waals surface area contributed by atoms with E-state index in [9.17, 15) is 0 Å². The molecule has 1 atom stereocenters. The lowest BCUT2D eigenvalue weighted by Gasteiger charge is -2.34. The Labute approximate surface area is 111 Å². The predicted molar refractivity (Wildman–Crippen MR) is 76.9 cm³/mol. The van der Waals surface area contributed by atoms with Crippen molar-refractivity contribution < 1.29 is 4.74 Å². The zero-order valence-corrected chi connectivity index (χ0v) is 12.2. The van der Waals surface area contributed by atoms with E-state index in [1.165, 1.54) is 5.56 Å². The van der Waals surface area contributed by atoms with Crippen LogP contribution in [0.15, 0.2) is 24.3 Å². The molecule has 0 aromatic heterocycles. The summed E-state index contributed by atoms with van der Waals surface area (Å²) in [6, 6.07) is 8.11. The molecule has 0 fully saturated rings. The van der Waals surface area contributed by atoms with Crippen LogP contribution in [-0.2, 0) is 5.54 Å². The highest BCUT2D eigenvalue weighted by Gasteiger charge is 2.29. The molecule has 0 saturated carbocycles. The van der Waals surface area contributed by atoms with Gasteiger partial charge in [-0.2, -0.15) is 0 Å². The van der Waals surface area contributed by atoms with Gasteiger partial charge in [0.25, 0.3) is 0 Å². The summed E-state index contributed by atoms with van der Waals surface area (Å²) in [5.41, 5.74) is 7.50. The fourth-order valence-electron chi connectivity index (χ4n) is 2.49. The molecule has 1 unspecified atom stereocenters. The van der Waals surface area contributed by atoms with Crippen LogP contribution < -0.4 is 10.5 Å². The second kappa shape index (κ2) is 6.21. The molecule has 0 bridgehead atoms. The molecule has 0 aliphatic heterocycles. The third-order valence-electron chi connectivity index (χ3n) is 3.04. The van der Waals surface area contributed by atoms with E-state index in [1.54, 1.807) is 7.11 Å². The number of nitrogens with two attached hydrogens (primary N) is 1. The second-order valence-electron chi connectivity index (χ2n) is 5.72. The van der Waals surface area contributed by atoms with Gasteiger partial charge in [-0.3, -0.25) is 0 Å². The topological polar surface area (TPSA) is 38.5 Å². The molecule has 1 aromatic rings. The first-order valence-corrected chi connectivity index (χ1v) is 6.45. The zero-order chi connectivity index (χ0) is 13.8. The lowest BCUT2D eigenvalue weighted by atomic mass is 9.83. The molecule has 0 amide bonds. The van der Waals surface area contributed by atoms with Crippen LogP contribution in [0.3, 0.4) is 0 Å². The van der Waals surface area contributed by atoms with Crippen molar-refractivity contribution >= 4 is 0 Å². The molecule has 1 rings (SSSR count). The molecule has 1 aromatic carbocycles. The summed E-state index contributed by atoms with van der Waals surface area (Å²) in [7, 11) is 5.80. The van der Waals surface area contributed by atoms with Crippen LogP contribution in [0.1, 0.15) is 25.8 Å². The molecule has 0 radical (unpaired) electrons. The minimum Gasteiger partial charge on any atom is -0.497 e. The lowest BCUT2D eigenvalue weighted by molar-refractivity contribution is 0.248. The van der Waals surface area contributed by atoms with Gasteiger partial charge in [-0.1, -0.05) is 26.0 Å². The Kier molecular flexibility index (Phi) is 5.17. The Balaban J connectivity index is 3.00. The molecule has 102 valence electrons. The monoisotopic (exact) mass is 250 g/mol. The van der Waals surface area contributed by atoms with Gasteiger partial charge in [-0.25, -0.2) is 0 Å². The van der Waals surface area contributed by atoms with E-state index in [0.717, 1.165) is 18.7 Å². The highest BCUT2D eigenvalue weighted by molar-refractivity contribution is 5.32. The van der Waals surface area contributed by atoms with Crippen LogP contribution in [0.5, 0.6) is 5.75 Å². The van der Waals surface area contributed by atoms with Crippen LogP contribution in [0.2, 0.25) is 0 Å². The van der Waals surface area contributed by atoms with Crippen molar-refractivity contribution in [2.45, 2.75) is 25.8 Å². The minimum absolute atomic E-state index is 0.302. The van der Waals surface area contributed by atoms with Gasteiger partial charge in [0.05, 0.1) is 12.6 Å². The molecule has 0 saturated heterocycles. The standard InChI is InChI=1S/C15H26N2O/c1-12(2)10-15(16,11-17(3)4)13-6-8-14(18-5)9-7-13/h6-9,12H,10-11,16H2,1-5H3. The Hall–Kier alpha value is -1.06. The van der Waals surface area contributed by atoms with Crippen LogP contribution >= 0.6 is 0 Å². The number of nitrogens with zero attached hydrogens (tertiary/aromatic N) is 1. The fraction of sp³-hybridized carbons (Fsp3) is 0.600. The van der Waals surface area contributed by atoms with Crippen LogP contribution in [0.25, 0.3) is 0 Å². The van der Waals surface area contributed by atoms with Gasteiger partial charge in [0, 0.05) is 6.54 Å². The zero-order valence-electron chi connectivity index (χ0n) is 12.2. The van der Waals surface area contributed by atoms with E-state index in [1.807, 2.05) is 12.1 Å². The summed E-state index contributed by atoms with van der Waals surface area (Å²) in [5.74, 6) is 1.44. The maximum atomic E-state index is 6.63. The first-order valence-electron chi connectivity index (χ1n) is 6.45. The number of methoxy groups -OCH3 is 1. The van der Waals surface area contributed by atoms with Crippen LogP contribution in [-0.4, -0.2) is 32.6 Å². The average molecular weight is 250 g/mol. The van der Waals surface area contributed by atoms with Gasteiger partial charge in [-0.15, -0.1) is 0 Å². The normalized spacial score (nSPS) is 14.9. The van der Waals surface area contributed by atoms with E-state index < -0.39 is 0 Å². The minimum atomic E-state index is -0.302. The van der Waals surface area contributed by atoms with Gasteiger partial charge in [0.15, 0.2) is 0 Å². The summed E-state index contributed by atoms with van der Waals surface area (Å²) in [4.78, 5) is 2.15. The molecular formula is C15H26N2O. The van der Waals surface area contributed by atoms with Gasteiger partial charge >= 0.3 is 0 Å². The molecule has 3 nitrogen and oxygen atoms in total. The van der Waals surface area contributed by atoms with Crippen molar-refractivity contribution in [1.82, 2.24) is 4.90 Å². The quantitative estimate of drug-likeness (QED) is 0.843. The van der Waals surface area contributed by atoms with E-state index in [2.05, 4.69) is 45.0 Å². The first-order chi connectivity index (χ1) is 8.37. The summed E-state index contributed by atoms with van der Waals surface area (Å²) in [6.07, 6.45) is 0.970. The second-order valence-corrected chi connectivity index (χ2v) is 5.72. The van der Waals surface area contributed by atoms with Crippen molar-refractivity contribution in [1.29, 1.82) is 0 Å². The number of likely N-dealkylation sites (N-methyl/N-ethyl adjacent to an activating group) is 1. The first kappa shape index (κ1) is 15.0. The van der Waals surface area contributed by atoms with E-state index in [4.69, 9.17) is 10.5 Å². The van der Waals surface area contributed by atoms with Gasteiger partial charge < -0.3 is 15.4 Å². The highest BCUT2D eigenvalue weighted by atomic mass is 16.5. The number of rotatable bonds is 6. The summed E-state index contributed by atoms with van der Waals surface area (Å²) >= 11 is 0. The Morgan fingerprint density at radius 2 is 1.78 bits per heavy atom. The van der Waals surface area contributed by atoms with Crippen LogP contribution in [0.4, 0.5) is 0 Å². The number of hydrogen-bond donors (Lipinski definition) is 1. The molecular weight excluding hydrogens is 224 g/mol. The number of ether oxygens (including phenoxy) is 1. The largest absolute Gasteiger partial charge is 0.497 e. The van der Waals surface area contributed by atoms with Gasteiger partial charge in [-0.05, 0) is 44.1 Å². The lowest BCUT2D eigenvalue weighted by Crippen LogP contribution is -2.46. The summed E-state index contributed by atoms with van der Waals surface area (Å²) in [5, 5.41) is 0. The number of benzene rings is 1. The Morgan fingerprint density at radius 1 is 1.22 bits per heavy atom. The maximum absolute atomic E-state index is 6.63. The molecule has 0 spiro atoms. The van der Waals surface area contributed by atoms with Gasteiger partial charge in [0.1, 0.15) is 5.75 Å².